The first-order valence-electron chi connectivity index (χ1n) is 12.0. The summed E-state index contributed by atoms with van der Waals surface area (Å²) in [4.78, 5) is 11.9. The minimum Gasteiger partial charge on any atom is -0.491 e. The van der Waals surface area contributed by atoms with Crippen LogP contribution in [0.3, 0.4) is 0 Å². The van der Waals surface area contributed by atoms with Crippen LogP contribution in [-0.2, 0) is 13.1 Å². The third-order valence-electron chi connectivity index (χ3n) is 6.94. The minimum atomic E-state index is -0.595. The second-order valence-electron chi connectivity index (χ2n) is 10.1. The number of hydrogen-bond acceptors (Lipinski definition) is 6. The molecule has 0 spiro atoms. The molecule has 2 aromatic heterocycles. The molecule has 5 rings (SSSR count). The first-order valence-corrected chi connectivity index (χ1v) is 12.0. The lowest BCUT2D eigenvalue weighted by atomic mass is 9.83. The first kappa shape index (κ1) is 22.1. The van der Waals surface area contributed by atoms with Gasteiger partial charge in [-0.1, -0.05) is 6.07 Å². The zero-order valence-corrected chi connectivity index (χ0v) is 20.0. The highest BCUT2D eigenvalue weighted by Gasteiger charge is 2.30. The minimum absolute atomic E-state index is 0.215. The van der Waals surface area contributed by atoms with Crippen LogP contribution in [0.2, 0.25) is 0 Å². The topological polar surface area (TPSA) is 81.2 Å². The van der Waals surface area contributed by atoms with Crippen LogP contribution in [0.5, 0.6) is 5.75 Å². The van der Waals surface area contributed by atoms with Crippen LogP contribution >= 0.6 is 0 Å². The number of aromatic nitrogens is 5. The molecule has 0 radical (unpaired) electrons. The number of rotatable bonds is 5. The maximum Gasteiger partial charge on any atom is 0.178 e. The van der Waals surface area contributed by atoms with Crippen molar-refractivity contribution >= 4 is 0 Å². The van der Waals surface area contributed by atoms with Gasteiger partial charge in [-0.3, -0.25) is 4.90 Å². The van der Waals surface area contributed by atoms with E-state index in [4.69, 9.17) is 9.72 Å². The normalized spacial score (nSPS) is 17.5. The SMILES string of the molecule is CC(C)n1ncnc1-c1cn2c(n1)-c1cc(CN3CCC(C(C)(C)O)CC3)ccc1OCC2. The Bertz CT molecular complexity index is 1120. The van der Waals surface area contributed by atoms with Gasteiger partial charge in [-0.15, -0.1) is 0 Å². The number of likely N-dealkylation sites (tertiary alicyclic amines) is 1. The lowest BCUT2D eigenvalue weighted by Gasteiger charge is -2.37. The molecule has 0 bridgehead atoms. The van der Waals surface area contributed by atoms with Crippen LogP contribution in [0.1, 0.15) is 52.1 Å². The first-order chi connectivity index (χ1) is 15.8. The van der Waals surface area contributed by atoms with Gasteiger partial charge < -0.3 is 14.4 Å². The molecule has 0 unspecified atom stereocenters. The van der Waals surface area contributed by atoms with Gasteiger partial charge in [0.15, 0.2) is 5.82 Å². The Balaban J connectivity index is 1.40. The van der Waals surface area contributed by atoms with E-state index in [-0.39, 0.29) is 6.04 Å². The van der Waals surface area contributed by atoms with Gasteiger partial charge in [0.2, 0.25) is 0 Å². The van der Waals surface area contributed by atoms with Crippen molar-refractivity contribution in [2.24, 2.45) is 5.92 Å². The lowest BCUT2D eigenvalue weighted by molar-refractivity contribution is -0.0136. The smallest absolute Gasteiger partial charge is 0.178 e. The van der Waals surface area contributed by atoms with Gasteiger partial charge in [-0.2, -0.15) is 5.10 Å². The predicted octanol–water partition coefficient (Wildman–Crippen LogP) is 3.76. The second-order valence-corrected chi connectivity index (χ2v) is 10.1. The Morgan fingerprint density at radius 3 is 2.67 bits per heavy atom. The molecule has 8 heteroatoms. The maximum absolute atomic E-state index is 10.3. The standard InChI is InChI=1S/C25H34N6O2/c1-17(2)31-24(26-16-27-31)21-15-30-11-12-33-22-6-5-18(13-20(22)23(30)28-21)14-29-9-7-19(8-10-29)25(3,4)32/h5-6,13,15-17,19,32H,7-12,14H2,1-4H3. The van der Waals surface area contributed by atoms with Gasteiger partial charge in [-0.25, -0.2) is 14.6 Å². The van der Waals surface area contributed by atoms with Crippen molar-refractivity contribution < 1.29 is 9.84 Å². The number of fused-ring (bicyclic) bond motifs is 3. The van der Waals surface area contributed by atoms with Gasteiger partial charge in [0.1, 0.15) is 30.2 Å². The summed E-state index contributed by atoms with van der Waals surface area (Å²) in [7, 11) is 0. The van der Waals surface area contributed by atoms with Gasteiger partial charge >= 0.3 is 0 Å². The molecule has 2 aliphatic rings. The van der Waals surface area contributed by atoms with Gasteiger partial charge in [0, 0.05) is 18.8 Å². The summed E-state index contributed by atoms with van der Waals surface area (Å²) >= 11 is 0. The van der Waals surface area contributed by atoms with Crippen LogP contribution in [-0.4, -0.2) is 59.6 Å². The van der Waals surface area contributed by atoms with Crippen molar-refractivity contribution in [2.75, 3.05) is 19.7 Å². The third-order valence-corrected chi connectivity index (χ3v) is 6.94. The fourth-order valence-corrected chi connectivity index (χ4v) is 5.01. The van der Waals surface area contributed by atoms with E-state index in [1.54, 1.807) is 6.33 Å². The van der Waals surface area contributed by atoms with E-state index in [1.807, 2.05) is 18.5 Å². The molecule has 1 N–H and O–H groups in total. The predicted molar refractivity (Wildman–Crippen MR) is 127 cm³/mol. The lowest BCUT2D eigenvalue weighted by Crippen LogP contribution is -2.41. The quantitative estimate of drug-likeness (QED) is 0.637. The van der Waals surface area contributed by atoms with Crippen molar-refractivity contribution in [1.82, 2.24) is 29.2 Å². The van der Waals surface area contributed by atoms with Crippen molar-refractivity contribution in [1.29, 1.82) is 0 Å². The number of hydrogen-bond donors (Lipinski definition) is 1. The Hall–Kier alpha value is -2.71. The number of ether oxygens (including phenoxy) is 1. The highest BCUT2D eigenvalue weighted by molar-refractivity contribution is 5.69. The molecule has 0 amide bonds. The second kappa shape index (κ2) is 8.57. The summed E-state index contributed by atoms with van der Waals surface area (Å²) in [6, 6.07) is 6.68. The summed E-state index contributed by atoms with van der Waals surface area (Å²) < 4.78 is 10.1. The molecule has 33 heavy (non-hydrogen) atoms. The molecule has 3 aromatic rings. The van der Waals surface area contributed by atoms with E-state index < -0.39 is 5.60 Å². The molecule has 8 nitrogen and oxygen atoms in total. The molecule has 1 aromatic carbocycles. The fourth-order valence-electron chi connectivity index (χ4n) is 5.01. The number of piperidine rings is 1. The molecule has 0 aliphatic carbocycles. The van der Waals surface area contributed by atoms with Crippen LogP contribution < -0.4 is 4.74 Å². The third kappa shape index (κ3) is 4.42. The van der Waals surface area contributed by atoms with E-state index >= 15 is 0 Å². The van der Waals surface area contributed by atoms with E-state index in [2.05, 4.69) is 57.8 Å². The van der Waals surface area contributed by atoms with Crippen LogP contribution in [0.25, 0.3) is 22.9 Å². The van der Waals surface area contributed by atoms with Crippen LogP contribution in [0, 0.1) is 5.92 Å². The van der Waals surface area contributed by atoms with Crippen LogP contribution in [0.4, 0.5) is 0 Å². The number of imidazole rings is 1. The van der Waals surface area contributed by atoms with Crippen molar-refractivity contribution in [2.45, 2.75) is 65.3 Å². The highest BCUT2D eigenvalue weighted by Crippen LogP contribution is 2.35. The Morgan fingerprint density at radius 1 is 1.15 bits per heavy atom. The number of benzene rings is 1. The molecule has 0 saturated carbocycles. The average molecular weight is 451 g/mol. The van der Waals surface area contributed by atoms with Crippen LogP contribution in [0.15, 0.2) is 30.7 Å². The molecule has 176 valence electrons. The Labute approximate surface area is 195 Å². The molecule has 4 heterocycles. The average Bonchev–Trinajstić information content (AvgIpc) is 3.38. The molecular formula is C25H34N6O2. The maximum atomic E-state index is 10.3. The Morgan fingerprint density at radius 2 is 1.94 bits per heavy atom. The largest absolute Gasteiger partial charge is 0.491 e. The number of nitrogens with zero attached hydrogens (tertiary/aromatic N) is 6. The van der Waals surface area contributed by atoms with Gasteiger partial charge in [-0.05, 0) is 77.2 Å². The summed E-state index contributed by atoms with van der Waals surface area (Å²) in [5.41, 5.74) is 2.52. The summed E-state index contributed by atoms with van der Waals surface area (Å²) in [5, 5.41) is 14.7. The fraction of sp³-hybridized carbons (Fsp3) is 0.560. The van der Waals surface area contributed by atoms with E-state index in [0.29, 0.717) is 12.5 Å². The molecule has 2 aliphatic heterocycles. The Kier molecular flexibility index (Phi) is 5.74. The molecule has 1 fully saturated rings. The van der Waals surface area contributed by atoms with E-state index in [1.165, 1.54) is 5.56 Å². The van der Waals surface area contributed by atoms with Crippen molar-refractivity contribution in [3.05, 3.63) is 36.3 Å². The summed E-state index contributed by atoms with van der Waals surface area (Å²) in [6.07, 6.45) is 5.71. The molecular weight excluding hydrogens is 416 g/mol. The van der Waals surface area contributed by atoms with Crippen molar-refractivity contribution in [3.63, 3.8) is 0 Å². The van der Waals surface area contributed by atoms with Gasteiger partial charge in [0.25, 0.3) is 0 Å². The summed E-state index contributed by atoms with van der Waals surface area (Å²) in [5.74, 6) is 2.95. The molecule has 1 saturated heterocycles. The molecule has 0 atom stereocenters. The van der Waals surface area contributed by atoms with Gasteiger partial charge in [0.05, 0.1) is 17.7 Å². The van der Waals surface area contributed by atoms with E-state index in [9.17, 15) is 5.11 Å². The zero-order valence-electron chi connectivity index (χ0n) is 20.0. The number of aliphatic hydroxyl groups is 1. The summed E-state index contributed by atoms with van der Waals surface area (Å²) in [6.45, 7) is 12.3. The van der Waals surface area contributed by atoms with E-state index in [0.717, 1.165) is 67.7 Å². The highest BCUT2D eigenvalue weighted by atomic mass is 16.5. The monoisotopic (exact) mass is 450 g/mol. The zero-order chi connectivity index (χ0) is 23.2. The van der Waals surface area contributed by atoms with Crippen molar-refractivity contribution in [3.8, 4) is 28.7 Å².